The number of aryl methyl sites for hydroxylation is 1. The Morgan fingerprint density at radius 2 is 2.12 bits per heavy atom. The second kappa shape index (κ2) is 5.83. The van der Waals surface area contributed by atoms with Crippen molar-refractivity contribution in [3.05, 3.63) is 21.9 Å². The minimum absolute atomic E-state index is 0.186. The number of nitrogens with zero attached hydrogens (tertiary/aromatic N) is 1. The lowest BCUT2D eigenvalue weighted by atomic mass is 9.88. The minimum atomic E-state index is -0.912. The molecule has 17 heavy (non-hydrogen) atoms. The monoisotopic (exact) mass is 250 g/mol. The molecular weight excluding hydrogens is 232 g/mol. The van der Waals surface area contributed by atoms with Gasteiger partial charge < -0.3 is 5.32 Å². The summed E-state index contributed by atoms with van der Waals surface area (Å²) in [6.45, 7) is 6.15. The van der Waals surface area contributed by atoms with Gasteiger partial charge in [0, 0.05) is 9.75 Å². The van der Waals surface area contributed by atoms with Crippen LogP contribution in [0.25, 0.3) is 0 Å². The number of carbonyl (C=O) groups excluding carboxylic acids is 1. The average molecular weight is 250 g/mol. The molecule has 0 saturated heterocycles. The van der Waals surface area contributed by atoms with Crippen LogP contribution in [-0.4, -0.2) is 5.91 Å². The van der Waals surface area contributed by atoms with Crippen molar-refractivity contribution in [2.24, 2.45) is 5.41 Å². The second-order valence-corrected chi connectivity index (χ2v) is 5.45. The molecule has 1 unspecified atom stereocenters. The first-order chi connectivity index (χ1) is 8.05. The van der Waals surface area contributed by atoms with Gasteiger partial charge in [-0.3, -0.25) is 4.79 Å². The largest absolute Gasteiger partial charge is 0.350 e. The smallest absolute Gasteiger partial charge is 0.240 e. The van der Waals surface area contributed by atoms with Crippen LogP contribution >= 0.6 is 11.3 Å². The van der Waals surface area contributed by atoms with Crippen LogP contribution in [0.15, 0.2) is 12.1 Å². The van der Waals surface area contributed by atoms with E-state index in [4.69, 9.17) is 5.26 Å². The molecule has 0 spiro atoms. The first-order valence-corrected chi connectivity index (χ1v) is 6.64. The van der Waals surface area contributed by atoms with Crippen LogP contribution in [0.3, 0.4) is 0 Å². The summed E-state index contributed by atoms with van der Waals surface area (Å²) in [6, 6.07) is 6.18. The summed E-state index contributed by atoms with van der Waals surface area (Å²) in [7, 11) is 0. The summed E-state index contributed by atoms with van der Waals surface area (Å²) in [4.78, 5) is 14.3. The molecule has 1 heterocycles. The zero-order valence-electron chi connectivity index (χ0n) is 10.5. The Morgan fingerprint density at radius 1 is 1.47 bits per heavy atom. The molecule has 92 valence electrons. The highest BCUT2D eigenvalue weighted by Gasteiger charge is 2.30. The summed E-state index contributed by atoms with van der Waals surface area (Å²) < 4.78 is 0. The molecule has 0 saturated carbocycles. The van der Waals surface area contributed by atoms with Gasteiger partial charge in [-0.2, -0.15) is 5.26 Å². The molecule has 1 rings (SSSR count). The Balaban J connectivity index is 2.57. The summed E-state index contributed by atoms with van der Waals surface area (Å²) in [5.41, 5.74) is -0.912. The summed E-state index contributed by atoms with van der Waals surface area (Å²) in [6.07, 6.45) is 1.55. The summed E-state index contributed by atoms with van der Waals surface area (Å²) in [5, 5.41) is 11.8. The van der Waals surface area contributed by atoms with Crippen LogP contribution in [-0.2, 0) is 17.8 Å². The van der Waals surface area contributed by atoms with Crippen molar-refractivity contribution in [1.29, 1.82) is 5.26 Å². The molecule has 4 heteroatoms. The lowest BCUT2D eigenvalue weighted by Gasteiger charge is -2.18. The number of amides is 1. The quantitative estimate of drug-likeness (QED) is 0.873. The molecule has 1 atom stereocenters. The molecule has 0 aliphatic heterocycles. The first-order valence-electron chi connectivity index (χ1n) is 5.83. The predicted molar refractivity (Wildman–Crippen MR) is 69.6 cm³/mol. The Morgan fingerprint density at radius 3 is 2.59 bits per heavy atom. The number of nitrogens with one attached hydrogen (secondary N) is 1. The van der Waals surface area contributed by atoms with E-state index >= 15 is 0 Å². The lowest BCUT2D eigenvalue weighted by molar-refractivity contribution is -0.127. The van der Waals surface area contributed by atoms with Crippen molar-refractivity contribution in [3.63, 3.8) is 0 Å². The van der Waals surface area contributed by atoms with E-state index in [9.17, 15) is 4.79 Å². The molecule has 3 nitrogen and oxygen atoms in total. The van der Waals surface area contributed by atoms with Crippen molar-refractivity contribution in [2.75, 3.05) is 0 Å². The number of rotatable bonds is 5. The maximum atomic E-state index is 11.8. The van der Waals surface area contributed by atoms with E-state index in [-0.39, 0.29) is 5.91 Å². The van der Waals surface area contributed by atoms with Gasteiger partial charge in [0.05, 0.1) is 12.6 Å². The highest BCUT2D eigenvalue weighted by Crippen LogP contribution is 2.21. The molecular formula is C13H18N2OS. The van der Waals surface area contributed by atoms with Gasteiger partial charge in [0.2, 0.25) is 5.91 Å². The number of hydrogen-bond donors (Lipinski definition) is 1. The minimum Gasteiger partial charge on any atom is -0.350 e. The molecule has 0 fully saturated rings. The van der Waals surface area contributed by atoms with Gasteiger partial charge in [-0.25, -0.2) is 0 Å². The van der Waals surface area contributed by atoms with Crippen molar-refractivity contribution < 1.29 is 4.79 Å². The van der Waals surface area contributed by atoms with E-state index in [1.807, 2.05) is 13.0 Å². The number of nitriles is 1. The van der Waals surface area contributed by atoms with Crippen LogP contribution < -0.4 is 5.32 Å². The Hall–Kier alpha value is -1.34. The maximum Gasteiger partial charge on any atom is 0.240 e. The molecule has 0 aliphatic carbocycles. The topological polar surface area (TPSA) is 52.9 Å². The third kappa shape index (κ3) is 3.31. The van der Waals surface area contributed by atoms with Crippen molar-refractivity contribution >= 4 is 17.2 Å². The van der Waals surface area contributed by atoms with Gasteiger partial charge in [-0.1, -0.05) is 13.8 Å². The van der Waals surface area contributed by atoms with Crippen molar-refractivity contribution in [2.45, 2.75) is 40.2 Å². The zero-order chi connectivity index (χ0) is 12.9. The standard InChI is InChI=1S/C13H18N2OS/c1-4-10-6-7-11(17-10)8-15-12(16)13(3,5-2)9-14/h6-7H,4-5,8H2,1-3H3,(H,15,16). The first kappa shape index (κ1) is 13.7. The van der Waals surface area contributed by atoms with Crippen molar-refractivity contribution in [3.8, 4) is 6.07 Å². The fourth-order valence-corrected chi connectivity index (χ4v) is 2.26. The van der Waals surface area contributed by atoms with Gasteiger partial charge in [-0.15, -0.1) is 11.3 Å². The van der Waals surface area contributed by atoms with Gasteiger partial charge in [-0.05, 0) is 31.9 Å². The maximum absolute atomic E-state index is 11.8. The SMILES string of the molecule is CCc1ccc(CNC(=O)C(C)(C#N)CC)s1. The van der Waals surface area contributed by atoms with E-state index in [2.05, 4.69) is 24.4 Å². The predicted octanol–water partition coefficient (Wildman–Crippen LogP) is 2.87. The molecule has 1 aromatic rings. The van der Waals surface area contributed by atoms with Crippen molar-refractivity contribution in [1.82, 2.24) is 5.32 Å². The molecule has 1 amide bonds. The number of thiophene rings is 1. The van der Waals surface area contributed by atoms with Crippen LogP contribution in [0.2, 0.25) is 0 Å². The second-order valence-electron chi connectivity index (χ2n) is 4.20. The van der Waals surface area contributed by atoms with E-state index in [1.165, 1.54) is 4.88 Å². The van der Waals surface area contributed by atoms with Gasteiger partial charge in [0.1, 0.15) is 5.41 Å². The Bertz CT molecular complexity index is 433. The Labute approximate surface area is 106 Å². The molecule has 0 bridgehead atoms. The highest BCUT2D eigenvalue weighted by atomic mass is 32.1. The van der Waals surface area contributed by atoms with E-state index < -0.39 is 5.41 Å². The molecule has 0 aliphatic rings. The van der Waals surface area contributed by atoms with Gasteiger partial charge in [0.25, 0.3) is 0 Å². The molecule has 1 N–H and O–H groups in total. The summed E-state index contributed by atoms with van der Waals surface area (Å²) >= 11 is 1.70. The van der Waals surface area contributed by atoms with Crippen LogP contribution in [0.1, 0.15) is 36.9 Å². The van der Waals surface area contributed by atoms with Crippen LogP contribution in [0.4, 0.5) is 0 Å². The lowest BCUT2D eigenvalue weighted by Crippen LogP contribution is -2.37. The highest BCUT2D eigenvalue weighted by molar-refractivity contribution is 7.11. The molecule has 1 aromatic heterocycles. The fourth-order valence-electron chi connectivity index (χ4n) is 1.36. The normalized spacial score (nSPS) is 13.8. The van der Waals surface area contributed by atoms with Gasteiger partial charge >= 0.3 is 0 Å². The molecule has 0 aromatic carbocycles. The summed E-state index contributed by atoms with van der Waals surface area (Å²) in [5.74, 6) is -0.186. The van der Waals surface area contributed by atoms with Crippen LogP contribution in [0.5, 0.6) is 0 Å². The third-order valence-corrected chi connectivity index (χ3v) is 4.17. The third-order valence-electron chi connectivity index (χ3n) is 2.94. The number of hydrogen-bond acceptors (Lipinski definition) is 3. The Kier molecular flexibility index (Phi) is 4.71. The van der Waals surface area contributed by atoms with Gasteiger partial charge in [0.15, 0.2) is 0 Å². The molecule has 0 radical (unpaired) electrons. The number of carbonyl (C=O) groups is 1. The van der Waals surface area contributed by atoms with E-state index in [1.54, 1.807) is 18.3 Å². The van der Waals surface area contributed by atoms with E-state index in [0.717, 1.165) is 11.3 Å². The van der Waals surface area contributed by atoms with Crippen LogP contribution in [0, 0.1) is 16.7 Å². The van der Waals surface area contributed by atoms with E-state index in [0.29, 0.717) is 13.0 Å². The average Bonchev–Trinajstić information content (AvgIpc) is 2.82. The zero-order valence-corrected chi connectivity index (χ0v) is 11.4. The fraction of sp³-hybridized carbons (Fsp3) is 0.538.